The van der Waals surface area contributed by atoms with Crippen molar-refractivity contribution in [2.75, 3.05) is 19.0 Å². The summed E-state index contributed by atoms with van der Waals surface area (Å²) in [6, 6.07) is 0. The normalized spacial score (nSPS) is 10.9. The van der Waals surface area contributed by atoms with E-state index in [9.17, 15) is 18.0 Å². The maximum Gasteiger partial charge on any atom is 0.303 e. The smallest absolute Gasteiger partial charge is 0.303 e. The second kappa shape index (κ2) is 19.6. The highest BCUT2D eigenvalue weighted by Gasteiger charge is 2.03. The van der Waals surface area contributed by atoms with Crippen molar-refractivity contribution in [3.8, 4) is 0 Å². The van der Waals surface area contributed by atoms with E-state index in [4.69, 9.17) is 19.5 Å². The summed E-state index contributed by atoms with van der Waals surface area (Å²) >= 11 is 0. The molecule has 0 rings (SSSR count). The van der Waals surface area contributed by atoms with Crippen LogP contribution in [0.4, 0.5) is 0 Å². The Morgan fingerprint density at radius 3 is 1.52 bits per heavy atom. The SMILES string of the molecule is CCCCCCCCCCCCOCCS(=O)(=O)O.O=C(O)CCC(=O)O. The van der Waals surface area contributed by atoms with Gasteiger partial charge in [0.15, 0.2) is 0 Å². The third-order valence-corrected chi connectivity index (χ3v) is 4.36. The van der Waals surface area contributed by atoms with Gasteiger partial charge in [-0.05, 0) is 6.42 Å². The molecule has 8 nitrogen and oxygen atoms in total. The minimum absolute atomic E-state index is 0.0935. The van der Waals surface area contributed by atoms with Crippen molar-refractivity contribution in [2.45, 2.75) is 84.0 Å². The van der Waals surface area contributed by atoms with Gasteiger partial charge in [-0.15, -0.1) is 0 Å². The lowest BCUT2D eigenvalue weighted by atomic mass is 10.1. The molecule has 3 N–H and O–H groups in total. The van der Waals surface area contributed by atoms with Gasteiger partial charge in [0.1, 0.15) is 0 Å². The van der Waals surface area contributed by atoms with Crippen molar-refractivity contribution < 1.29 is 37.5 Å². The molecule has 0 bridgehead atoms. The van der Waals surface area contributed by atoms with Gasteiger partial charge in [0, 0.05) is 6.61 Å². The van der Waals surface area contributed by atoms with Crippen LogP contribution in [0.5, 0.6) is 0 Å². The van der Waals surface area contributed by atoms with Gasteiger partial charge in [-0.3, -0.25) is 14.1 Å². The average Bonchev–Trinajstić information content (AvgIpc) is 2.57. The number of hydrogen-bond donors (Lipinski definition) is 3. The molecule has 0 aliphatic heterocycles. The monoisotopic (exact) mass is 412 g/mol. The number of rotatable bonds is 17. The summed E-state index contributed by atoms with van der Waals surface area (Å²) in [5.41, 5.74) is 0. The molecule has 0 spiro atoms. The maximum absolute atomic E-state index is 10.4. The fourth-order valence-electron chi connectivity index (χ4n) is 2.17. The molecule has 0 aromatic carbocycles. The molecule has 0 aromatic heterocycles. The Hall–Kier alpha value is -1.19. The van der Waals surface area contributed by atoms with E-state index in [1.807, 2.05) is 0 Å². The van der Waals surface area contributed by atoms with Gasteiger partial charge in [0.05, 0.1) is 25.2 Å². The number of carboxylic acids is 2. The predicted molar refractivity (Wildman–Crippen MR) is 104 cm³/mol. The molecular weight excluding hydrogens is 376 g/mol. The quantitative estimate of drug-likeness (QED) is 0.242. The topological polar surface area (TPSA) is 138 Å². The number of unbranched alkanes of at least 4 members (excludes halogenated alkanes) is 9. The molecule has 162 valence electrons. The number of ether oxygens (including phenoxy) is 1. The molecule has 0 aliphatic rings. The first kappa shape index (κ1) is 28.0. The van der Waals surface area contributed by atoms with Crippen LogP contribution < -0.4 is 0 Å². The molecule has 0 amide bonds. The van der Waals surface area contributed by atoms with Crippen molar-refractivity contribution in [2.24, 2.45) is 0 Å². The standard InChI is InChI=1S/C14H30O4S.C4H6O4/c1-2-3-4-5-6-7-8-9-10-11-12-18-13-14-19(15,16)17;5-3(6)1-2-4(7)8/h2-14H2,1H3,(H,15,16,17);1-2H2,(H,5,6)(H,7,8). The van der Waals surface area contributed by atoms with E-state index < -0.39 is 22.1 Å². The Morgan fingerprint density at radius 1 is 0.741 bits per heavy atom. The fourth-order valence-corrected chi connectivity index (χ4v) is 2.50. The second-order valence-electron chi connectivity index (χ2n) is 6.37. The lowest BCUT2D eigenvalue weighted by molar-refractivity contribution is -0.143. The van der Waals surface area contributed by atoms with Crippen molar-refractivity contribution in [3.05, 3.63) is 0 Å². The highest BCUT2D eigenvalue weighted by Crippen LogP contribution is 2.10. The van der Waals surface area contributed by atoms with E-state index in [-0.39, 0.29) is 25.2 Å². The Morgan fingerprint density at radius 2 is 1.15 bits per heavy atom. The van der Waals surface area contributed by atoms with Gasteiger partial charge in [-0.1, -0.05) is 64.7 Å². The molecule has 0 saturated heterocycles. The molecule has 0 atom stereocenters. The first-order chi connectivity index (χ1) is 12.7. The van der Waals surface area contributed by atoms with Crippen LogP contribution in [0.3, 0.4) is 0 Å². The number of hydrogen-bond acceptors (Lipinski definition) is 5. The van der Waals surface area contributed by atoms with Gasteiger partial charge < -0.3 is 14.9 Å². The van der Waals surface area contributed by atoms with Crippen molar-refractivity contribution in [1.82, 2.24) is 0 Å². The number of carboxylic acid groups (broad SMARTS) is 2. The van der Waals surface area contributed by atoms with E-state index >= 15 is 0 Å². The van der Waals surface area contributed by atoms with Gasteiger partial charge in [-0.2, -0.15) is 8.42 Å². The summed E-state index contributed by atoms with van der Waals surface area (Å²) < 4.78 is 34.4. The number of aliphatic carboxylic acids is 2. The minimum atomic E-state index is -3.86. The van der Waals surface area contributed by atoms with E-state index in [2.05, 4.69) is 6.92 Å². The molecule has 0 heterocycles. The maximum atomic E-state index is 10.4. The van der Waals surface area contributed by atoms with Crippen LogP contribution in [0.25, 0.3) is 0 Å². The first-order valence-electron chi connectivity index (χ1n) is 9.65. The summed E-state index contributed by atoms with van der Waals surface area (Å²) in [5.74, 6) is -2.45. The first-order valence-corrected chi connectivity index (χ1v) is 11.3. The fraction of sp³-hybridized carbons (Fsp3) is 0.889. The summed E-state index contributed by atoms with van der Waals surface area (Å²) in [6.45, 7) is 2.92. The van der Waals surface area contributed by atoms with Gasteiger partial charge in [0.25, 0.3) is 10.1 Å². The predicted octanol–water partition coefficient (Wildman–Crippen LogP) is 3.75. The van der Waals surface area contributed by atoms with Crippen molar-refractivity contribution >= 4 is 22.1 Å². The zero-order valence-corrected chi connectivity index (χ0v) is 17.2. The highest BCUT2D eigenvalue weighted by molar-refractivity contribution is 7.85. The molecule has 27 heavy (non-hydrogen) atoms. The zero-order chi connectivity index (χ0) is 21.0. The summed E-state index contributed by atoms with van der Waals surface area (Å²) in [5, 5.41) is 15.8. The van der Waals surface area contributed by atoms with Crippen LogP contribution in [0.2, 0.25) is 0 Å². The third kappa shape index (κ3) is 32.9. The van der Waals surface area contributed by atoms with E-state index in [1.54, 1.807) is 0 Å². The summed E-state index contributed by atoms with van der Waals surface area (Å²) in [4.78, 5) is 19.3. The number of carbonyl (C=O) groups is 2. The Balaban J connectivity index is 0. The molecule has 0 saturated carbocycles. The Bertz CT molecular complexity index is 448. The molecule has 0 aliphatic carbocycles. The molecule has 0 radical (unpaired) electrons. The van der Waals surface area contributed by atoms with Crippen molar-refractivity contribution in [3.63, 3.8) is 0 Å². The van der Waals surface area contributed by atoms with Crippen LogP contribution in [0.1, 0.15) is 84.0 Å². The Labute approximate surface area is 163 Å². The molecular formula is C18H36O8S. The lowest BCUT2D eigenvalue weighted by Gasteiger charge is -2.03. The molecule has 0 aromatic rings. The molecule has 0 unspecified atom stereocenters. The van der Waals surface area contributed by atoms with Gasteiger partial charge in [0.2, 0.25) is 0 Å². The van der Waals surface area contributed by atoms with E-state index in [0.717, 1.165) is 12.8 Å². The van der Waals surface area contributed by atoms with Crippen LogP contribution >= 0.6 is 0 Å². The lowest BCUT2D eigenvalue weighted by Crippen LogP contribution is -2.11. The van der Waals surface area contributed by atoms with E-state index in [1.165, 1.54) is 51.4 Å². The molecule has 9 heteroatoms. The van der Waals surface area contributed by atoms with Crippen LogP contribution in [-0.4, -0.2) is 54.1 Å². The van der Waals surface area contributed by atoms with Gasteiger partial charge >= 0.3 is 11.9 Å². The zero-order valence-electron chi connectivity index (χ0n) is 16.4. The summed E-state index contributed by atoms with van der Waals surface area (Å²) in [7, 11) is -3.86. The third-order valence-electron chi connectivity index (χ3n) is 3.68. The largest absolute Gasteiger partial charge is 0.481 e. The Kier molecular flexibility index (Phi) is 20.3. The second-order valence-corrected chi connectivity index (χ2v) is 7.94. The van der Waals surface area contributed by atoms with Crippen LogP contribution in [0, 0.1) is 0 Å². The minimum Gasteiger partial charge on any atom is -0.481 e. The van der Waals surface area contributed by atoms with Crippen molar-refractivity contribution in [1.29, 1.82) is 0 Å². The average molecular weight is 413 g/mol. The molecule has 0 fully saturated rings. The van der Waals surface area contributed by atoms with Crippen LogP contribution in [-0.2, 0) is 24.4 Å². The van der Waals surface area contributed by atoms with Crippen LogP contribution in [0.15, 0.2) is 0 Å². The highest BCUT2D eigenvalue weighted by atomic mass is 32.2. The van der Waals surface area contributed by atoms with E-state index in [0.29, 0.717) is 6.61 Å². The summed E-state index contributed by atoms with van der Waals surface area (Å²) in [6.07, 6.45) is 12.1. The van der Waals surface area contributed by atoms with Gasteiger partial charge in [-0.25, -0.2) is 0 Å².